The van der Waals surface area contributed by atoms with Crippen molar-refractivity contribution in [1.82, 2.24) is 15.4 Å². The highest BCUT2D eigenvalue weighted by Gasteiger charge is 2.33. The molecule has 1 heterocycles. The summed E-state index contributed by atoms with van der Waals surface area (Å²) in [5.74, 6) is 0.0729. The van der Waals surface area contributed by atoms with Gasteiger partial charge in [0, 0.05) is 5.56 Å². The van der Waals surface area contributed by atoms with E-state index < -0.39 is 17.6 Å². The Bertz CT molecular complexity index is 1040. The number of hydrogen-bond acceptors (Lipinski definition) is 7. The summed E-state index contributed by atoms with van der Waals surface area (Å²) in [5.41, 5.74) is 10.1. The number of anilines is 4. The molecule has 0 aliphatic carbocycles. The molecule has 8 nitrogen and oxygen atoms in total. The monoisotopic (exact) mass is 418 g/mol. The molecule has 3 aromatic rings. The molecule has 0 unspecified atom stereocenters. The Balaban J connectivity index is 1.75. The van der Waals surface area contributed by atoms with E-state index in [2.05, 4.69) is 26.1 Å². The molecule has 1 aromatic heterocycles. The molecule has 0 radical (unpaired) electrons. The number of aromatic nitrogens is 2. The van der Waals surface area contributed by atoms with E-state index in [0.29, 0.717) is 11.3 Å². The van der Waals surface area contributed by atoms with Crippen molar-refractivity contribution in [1.29, 1.82) is 0 Å². The molecule has 2 aromatic carbocycles. The molecule has 0 bridgehead atoms. The lowest BCUT2D eigenvalue weighted by Gasteiger charge is -2.16. The summed E-state index contributed by atoms with van der Waals surface area (Å²) in [5, 5.41) is 2.56. The van der Waals surface area contributed by atoms with Crippen LogP contribution in [-0.4, -0.2) is 23.0 Å². The maximum atomic E-state index is 13.2. The van der Waals surface area contributed by atoms with Crippen molar-refractivity contribution in [3.05, 3.63) is 66.0 Å². The van der Waals surface area contributed by atoms with Gasteiger partial charge in [-0.2, -0.15) is 13.2 Å². The average Bonchev–Trinajstić information content (AvgIpc) is 2.74. The summed E-state index contributed by atoms with van der Waals surface area (Å²) >= 11 is 0. The first-order chi connectivity index (χ1) is 14.3. The van der Waals surface area contributed by atoms with Crippen molar-refractivity contribution in [3.63, 3.8) is 0 Å². The van der Waals surface area contributed by atoms with Gasteiger partial charge in [0.05, 0.1) is 18.4 Å². The first kappa shape index (κ1) is 20.7. The van der Waals surface area contributed by atoms with Gasteiger partial charge in [0.2, 0.25) is 0 Å². The minimum Gasteiger partial charge on any atom is -0.497 e. The van der Waals surface area contributed by atoms with Crippen LogP contribution in [0, 0.1) is 0 Å². The third kappa shape index (κ3) is 4.69. The molecule has 11 heteroatoms. The quantitative estimate of drug-likeness (QED) is 0.453. The minimum absolute atomic E-state index is 0.0128. The number of nitrogens with zero attached hydrogens (tertiary/aromatic N) is 2. The minimum atomic E-state index is -4.56. The lowest BCUT2D eigenvalue weighted by molar-refractivity contribution is -0.136. The summed E-state index contributed by atoms with van der Waals surface area (Å²) in [6, 6.07) is 11.3. The van der Waals surface area contributed by atoms with Gasteiger partial charge >= 0.3 is 6.18 Å². The Morgan fingerprint density at radius 1 is 1.03 bits per heavy atom. The largest absolute Gasteiger partial charge is 0.497 e. The van der Waals surface area contributed by atoms with Crippen molar-refractivity contribution < 1.29 is 22.7 Å². The van der Waals surface area contributed by atoms with E-state index in [4.69, 9.17) is 10.5 Å². The molecule has 0 aliphatic heterocycles. The fourth-order valence-corrected chi connectivity index (χ4v) is 2.49. The van der Waals surface area contributed by atoms with E-state index in [1.165, 1.54) is 25.3 Å². The Morgan fingerprint density at radius 2 is 1.70 bits per heavy atom. The number of carbonyl (C=O) groups excluding carboxylic acids is 1. The van der Waals surface area contributed by atoms with E-state index in [0.717, 1.165) is 12.4 Å². The van der Waals surface area contributed by atoms with Crippen LogP contribution in [0.2, 0.25) is 0 Å². The summed E-state index contributed by atoms with van der Waals surface area (Å²) < 4.78 is 44.6. The number of ether oxygens (including phenoxy) is 1. The number of alkyl halides is 3. The van der Waals surface area contributed by atoms with Crippen LogP contribution in [0.25, 0.3) is 0 Å². The lowest BCUT2D eigenvalue weighted by Crippen LogP contribution is -2.30. The van der Waals surface area contributed by atoms with Gasteiger partial charge in [-0.15, -0.1) is 0 Å². The Morgan fingerprint density at radius 3 is 2.37 bits per heavy atom. The number of halogens is 3. The molecule has 0 fully saturated rings. The Kier molecular flexibility index (Phi) is 5.90. The van der Waals surface area contributed by atoms with Gasteiger partial charge in [0.25, 0.3) is 5.91 Å². The van der Waals surface area contributed by atoms with E-state index in [-0.39, 0.29) is 23.0 Å². The highest BCUT2D eigenvalue weighted by atomic mass is 19.4. The number of methoxy groups -OCH3 is 1. The highest BCUT2D eigenvalue weighted by molar-refractivity contribution is 5.95. The predicted molar refractivity (Wildman–Crippen MR) is 105 cm³/mol. The standard InChI is InChI=1S/C19H17F3N6O2/c1-30-12-8-6-11(7-9-12)18(29)28-27-17-15(23)16(24-10-25-17)26-14-5-3-2-4-13(14)19(20,21)22/h2-10H,23H2,1H3,(H,28,29)(H2,24,25,26,27). The van der Waals surface area contributed by atoms with Crippen molar-refractivity contribution in [2.45, 2.75) is 6.18 Å². The van der Waals surface area contributed by atoms with Crippen LogP contribution >= 0.6 is 0 Å². The number of rotatable bonds is 6. The second-order valence-corrected chi connectivity index (χ2v) is 5.96. The maximum Gasteiger partial charge on any atom is 0.418 e. The number of hydrazine groups is 1. The van der Waals surface area contributed by atoms with Crippen LogP contribution in [0.5, 0.6) is 5.75 Å². The number of nitrogen functional groups attached to an aromatic ring is 1. The Hall–Kier alpha value is -4.02. The second kappa shape index (κ2) is 8.55. The van der Waals surface area contributed by atoms with E-state index in [9.17, 15) is 18.0 Å². The molecular formula is C19H17F3N6O2. The summed E-state index contributed by atoms with van der Waals surface area (Å²) in [4.78, 5) is 20.0. The first-order valence-electron chi connectivity index (χ1n) is 8.53. The van der Waals surface area contributed by atoms with Crippen molar-refractivity contribution in [3.8, 4) is 5.75 Å². The molecular weight excluding hydrogens is 401 g/mol. The third-order valence-corrected chi connectivity index (χ3v) is 4.02. The van der Waals surface area contributed by atoms with Gasteiger partial charge in [0.15, 0.2) is 11.6 Å². The number of carbonyl (C=O) groups is 1. The zero-order chi connectivity index (χ0) is 21.7. The van der Waals surface area contributed by atoms with Crippen molar-refractivity contribution in [2.24, 2.45) is 0 Å². The predicted octanol–water partition coefficient (Wildman–Crippen LogP) is 3.59. The van der Waals surface area contributed by atoms with Gasteiger partial charge in [-0.25, -0.2) is 9.97 Å². The van der Waals surface area contributed by atoms with Crippen LogP contribution in [0.4, 0.5) is 36.2 Å². The van der Waals surface area contributed by atoms with Gasteiger partial charge in [-0.05, 0) is 36.4 Å². The molecule has 30 heavy (non-hydrogen) atoms. The molecule has 5 N–H and O–H groups in total. The van der Waals surface area contributed by atoms with Gasteiger partial charge in [0.1, 0.15) is 17.8 Å². The second-order valence-electron chi connectivity index (χ2n) is 5.96. The van der Waals surface area contributed by atoms with E-state index in [1.54, 1.807) is 24.3 Å². The number of benzene rings is 2. The average molecular weight is 418 g/mol. The van der Waals surface area contributed by atoms with Crippen molar-refractivity contribution in [2.75, 3.05) is 23.6 Å². The van der Waals surface area contributed by atoms with Crippen LogP contribution < -0.4 is 26.6 Å². The molecule has 0 spiro atoms. The normalized spacial score (nSPS) is 10.9. The van der Waals surface area contributed by atoms with Crippen LogP contribution in [0.3, 0.4) is 0 Å². The molecule has 0 atom stereocenters. The molecule has 3 rings (SSSR count). The summed E-state index contributed by atoms with van der Waals surface area (Å²) in [6.45, 7) is 0. The van der Waals surface area contributed by atoms with Gasteiger partial charge in [-0.1, -0.05) is 12.1 Å². The van der Waals surface area contributed by atoms with Crippen molar-refractivity contribution >= 4 is 28.9 Å². The number of nitrogens with one attached hydrogen (secondary N) is 3. The molecule has 0 saturated heterocycles. The number of amides is 1. The molecule has 0 aliphatic rings. The fourth-order valence-electron chi connectivity index (χ4n) is 2.49. The molecule has 156 valence electrons. The highest BCUT2D eigenvalue weighted by Crippen LogP contribution is 2.36. The van der Waals surface area contributed by atoms with Gasteiger partial charge < -0.3 is 15.8 Å². The Labute approximate surface area is 169 Å². The van der Waals surface area contributed by atoms with E-state index in [1.807, 2.05) is 0 Å². The van der Waals surface area contributed by atoms with Crippen LogP contribution in [0.1, 0.15) is 15.9 Å². The smallest absolute Gasteiger partial charge is 0.418 e. The van der Waals surface area contributed by atoms with E-state index >= 15 is 0 Å². The van der Waals surface area contributed by atoms with Crippen LogP contribution in [0.15, 0.2) is 54.9 Å². The topological polar surface area (TPSA) is 114 Å². The maximum absolute atomic E-state index is 13.2. The zero-order valence-electron chi connectivity index (χ0n) is 15.6. The summed E-state index contributed by atoms with van der Waals surface area (Å²) in [6.07, 6.45) is -3.46. The first-order valence-corrected chi connectivity index (χ1v) is 8.53. The molecule has 1 amide bonds. The molecule has 0 saturated carbocycles. The third-order valence-electron chi connectivity index (χ3n) is 4.02. The SMILES string of the molecule is COc1ccc(C(=O)NNc2ncnc(Nc3ccccc3C(F)(F)F)c2N)cc1. The number of para-hydroxylation sites is 1. The zero-order valence-corrected chi connectivity index (χ0v) is 15.6. The number of hydrogen-bond donors (Lipinski definition) is 4. The van der Waals surface area contributed by atoms with Crippen LogP contribution in [-0.2, 0) is 6.18 Å². The number of nitrogens with two attached hydrogens (primary N) is 1. The van der Waals surface area contributed by atoms with Gasteiger partial charge in [-0.3, -0.25) is 15.6 Å². The summed E-state index contributed by atoms with van der Waals surface area (Å²) in [7, 11) is 1.51. The fraction of sp³-hybridized carbons (Fsp3) is 0.105. The lowest BCUT2D eigenvalue weighted by atomic mass is 10.1.